The smallest absolute Gasteiger partial charge is 0.264 e. The zero-order valence-electron chi connectivity index (χ0n) is 11.7. The van der Waals surface area contributed by atoms with Gasteiger partial charge in [0.25, 0.3) is 10.0 Å². The van der Waals surface area contributed by atoms with Crippen molar-refractivity contribution < 1.29 is 12.8 Å². The molecule has 21 heavy (non-hydrogen) atoms. The van der Waals surface area contributed by atoms with Gasteiger partial charge in [0, 0.05) is 13.1 Å². The summed E-state index contributed by atoms with van der Waals surface area (Å²) in [7, 11) is -3.78. The molecule has 0 atom stereocenters. The van der Waals surface area contributed by atoms with Gasteiger partial charge in [-0.25, -0.2) is 12.8 Å². The van der Waals surface area contributed by atoms with Gasteiger partial charge in [-0.05, 0) is 42.8 Å². The summed E-state index contributed by atoms with van der Waals surface area (Å²) < 4.78 is 39.7. The summed E-state index contributed by atoms with van der Waals surface area (Å²) in [5.41, 5.74) is 6.97. The van der Waals surface area contributed by atoms with E-state index in [0.29, 0.717) is 12.2 Å². The van der Waals surface area contributed by atoms with Crippen molar-refractivity contribution in [2.75, 3.05) is 10.8 Å². The van der Waals surface area contributed by atoms with E-state index in [1.807, 2.05) is 0 Å². The van der Waals surface area contributed by atoms with Gasteiger partial charge in [0.1, 0.15) is 5.82 Å². The minimum Gasteiger partial charge on any atom is -0.326 e. The molecule has 0 unspecified atom stereocenters. The van der Waals surface area contributed by atoms with E-state index in [0.717, 1.165) is 11.6 Å². The maximum absolute atomic E-state index is 13.3. The highest BCUT2D eigenvalue weighted by molar-refractivity contribution is 7.92. The van der Waals surface area contributed by atoms with Crippen LogP contribution >= 0.6 is 0 Å². The van der Waals surface area contributed by atoms with Crippen LogP contribution in [0.3, 0.4) is 0 Å². The van der Waals surface area contributed by atoms with E-state index in [9.17, 15) is 12.8 Å². The topological polar surface area (TPSA) is 63.4 Å². The molecular formula is C15H17FN2O2S. The molecular weight excluding hydrogens is 291 g/mol. The number of benzene rings is 2. The summed E-state index contributed by atoms with van der Waals surface area (Å²) in [6, 6.07) is 11.9. The van der Waals surface area contributed by atoms with Crippen LogP contribution in [-0.2, 0) is 16.6 Å². The van der Waals surface area contributed by atoms with Crippen molar-refractivity contribution in [3.05, 3.63) is 59.9 Å². The highest BCUT2D eigenvalue weighted by Crippen LogP contribution is 2.24. The Kier molecular flexibility index (Phi) is 4.59. The van der Waals surface area contributed by atoms with Crippen molar-refractivity contribution in [1.82, 2.24) is 0 Å². The standard InChI is InChI=1S/C15H17FN2O2S/c1-2-18(14-8-6-12(11-17)7-9-14)21(19,20)15-5-3-4-13(16)10-15/h3-10H,2,11,17H2,1H3. The quantitative estimate of drug-likeness (QED) is 0.923. The third-order valence-corrected chi connectivity index (χ3v) is 5.03. The molecule has 0 aliphatic carbocycles. The molecule has 0 aromatic heterocycles. The maximum Gasteiger partial charge on any atom is 0.264 e. The first-order chi connectivity index (χ1) is 9.98. The predicted molar refractivity (Wildman–Crippen MR) is 80.9 cm³/mol. The molecule has 2 aromatic carbocycles. The van der Waals surface area contributed by atoms with Crippen molar-refractivity contribution >= 4 is 15.7 Å². The molecule has 2 aromatic rings. The minimum atomic E-state index is -3.78. The normalized spacial score (nSPS) is 11.4. The largest absolute Gasteiger partial charge is 0.326 e. The Bertz CT molecular complexity index is 715. The minimum absolute atomic E-state index is 0.0627. The average Bonchev–Trinajstić information content (AvgIpc) is 2.48. The highest BCUT2D eigenvalue weighted by Gasteiger charge is 2.23. The molecule has 2 rings (SSSR count). The Hall–Kier alpha value is -1.92. The van der Waals surface area contributed by atoms with Gasteiger partial charge >= 0.3 is 0 Å². The number of hydrogen-bond acceptors (Lipinski definition) is 3. The summed E-state index contributed by atoms with van der Waals surface area (Å²) in [5.74, 6) is -0.578. The monoisotopic (exact) mass is 308 g/mol. The van der Waals surface area contributed by atoms with Crippen molar-refractivity contribution in [1.29, 1.82) is 0 Å². The number of halogens is 1. The van der Waals surface area contributed by atoms with E-state index in [-0.39, 0.29) is 11.4 Å². The Morgan fingerprint density at radius 3 is 2.33 bits per heavy atom. The van der Waals surface area contributed by atoms with Crippen LogP contribution in [0.1, 0.15) is 12.5 Å². The van der Waals surface area contributed by atoms with Crippen LogP contribution in [0, 0.1) is 5.82 Å². The second-order valence-electron chi connectivity index (χ2n) is 4.50. The molecule has 0 bridgehead atoms. The third kappa shape index (κ3) is 3.22. The molecule has 0 saturated carbocycles. The van der Waals surface area contributed by atoms with Crippen LogP contribution in [0.2, 0.25) is 0 Å². The summed E-state index contributed by atoms with van der Waals surface area (Å²) in [4.78, 5) is -0.0627. The first kappa shape index (κ1) is 15.5. The lowest BCUT2D eigenvalue weighted by atomic mass is 10.2. The molecule has 0 radical (unpaired) electrons. The lowest BCUT2D eigenvalue weighted by Gasteiger charge is -2.23. The molecule has 0 saturated heterocycles. The van der Waals surface area contributed by atoms with Gasteiger partial charge in [0.2, 0.25) is 0 Å². The molecule has 112 valence electrons. The molecule has 0 spiro atoms. The van der Waals surface area contributed by atoms with Gasteiger partial charge in [-0.15, -0.1) is 0 Å². The fourth-order valence-corrected chi connectivity index (χ4v) is 3.55. The van der Waals surface area contributed by atoms with Crippen LogP contribution in [0.15, 0.2) is 53.4 Å². The Labute approximate surface area is 124 Å². The molecule has 0 heterocycles. The SMILES string of the molecule is CCN(c1ccc(CN)cc1)S(=O)(=O)c1cccc(F)c1. The van der Waals surface area contributed by atoms with E-state index < -0.39 is 15.8 Å². The van der Waals surface area contributed by atoms with Crippen molar-refractivity contribution in [2.45, 2.75) is 18.4 Å². The molecule has 0 fully saturated rings. The van der Waals surface area contributed by atoms with E-state index in [1.165, 1.54) is 22.5 Å². The van der Waals surface area contributed by atoms with Gasteiger partial charge in [-0.2, -0.15) is 0 Å². The Balaban J connectivity index is 2.43. The van der Waals surface area contributed by atoms with Gasteiger partial charge in [-0.3, -0.25) is 4.31 Å². The summed E-state index contributed by atoms with van der Waals surface area (Å²) in [6.07, 6.45) is 0. The summed E-state index contributed by atoms with van der Waals surface area (Å²) in [6.45, 7) is 2.37. The lowest BCUT2D eigenvalue weighted by Crippen LogP contribution is -2.30. The number of rotatable bonds is 5. The fraction of sp³-hybridized carbons (Fsp3) is 0.200. The van der Waals surface area contributed by atoms with Crippen LogP contribution in [0.4, 0.5) is 10.1 Å². The van der Waals surface area contributed by atoms with E-state index in [4.69, 9.17) is 5.73 Å². The van der Waals surface area contributed by atoms with Crippen LogP contribution in [-0.4, -0.2) is 15.0 Å². The maximum atomic E-state index is 13.3. The number of nitrogens with zero attached hydrogens (tertiary/aromatic N) is 1. The lowest BCUT2D eigenvalue weighted by molar-refractivity contribution is 0.587. The number of nitrogens with two attached hydrogens (primary N) is 1. The summed E-state index contributed by atoms with van der Waals surface area (Å²) in [5, 5.41) is 0. The van der Waals surface area contributed by atoms with Crippen LogP contribution in [0.25, 0.3) is 0 Å². The second-order valence-corrected chi connectivity index (χ2v) is 6.36. The van der Waals surface area contributed by atoms with Gasteiger partial charge < -0.3 is 5.73 Å². The number of anilines is 1. The zero-order valence-corrected chi connectivity index (χ0v) is 12.5. The van der Waals surface area contributed by atoms with Crippen LogP contribution < -0.4 is 10.0 Å². The van der Waals surface area contributed by atoms with Gasteiger partial charge in [-0.1, -0.05) is 18.2 Å². The molecule has 0 aliphatic heterocycles. The van der Waals surface area contributed by atoms with Crippen molar-refractivity contribution in [3.63, 3.8) is 0 Å². The highest BCUT2D eigenvalue weighted by atomic mass is 32.2. The summed E-state index contributed by atoms with van der Waals surface area (Å²) >= 11 is 0. The molecule has 2 N–H and O–H groups in total. The van der Waals surface area contributed by atoms with E-state index in [1.54, 1.807) is 31.2 Å². The molecule has 0 aliphatic rings. The number of hydrogen-bond donors (Lipinski definition) is 1. The zero-order chi connectivity index (χ0) is 15.5. The second kappa shape index (κ2) is 6.24. The Morgan fingerprint density at radius 2 is 1.81 bits per heavy atom. The van der Waals surface area contributed by atoms with Crippen molar-refractivity contribution in [3.8, 4) is 0 Å². The molecule has 4 nitrogen and oxygen atoms in total. The van der Waals surface area contributed by atoms with E-state index >= 15 is 0 Å². The van der Waals surface area contributed by atoms with Gasteiger partial charge in [0.15, 0.2) is 0 Å². The fourth-order valence-electron chi connectivity index (χ4n) is 2.04. The first-order valence-corrected chi connectivity index (χ1v) is 8.00. The average molecular weight is 308 g/mol. The molecule has 6 heteroatoms. The van der Waals surface area contributed by atoms with E-state index in [2.05, 4.69) is 0 Å². The number of sulfonamides is 1. The van der Waals surface area contributed by atoms with Gasteiger partial charge in [0.05, 0.1) is 10.6 Å². The molecule has 0 amide bonds. The van der Waals surface area contributed by atoms with Crippen molar-refractivity contribution in [2.24, 2.45) is 5.73 Å². The van der Waals surface area contributed by atoms with Crippen LogP contribution in [0.5, 0.6) is 0 Å². The third-order valence-electron chi connectivity index (χ3n) is 3.13. The Morgan fingerprint density at radius 1 is 1.14 bits per heavy atom. The predicted octanol–water partition coefficient (Wildman–Crippen LogP) is 2.50. The first-order valence-electron chi connectivity index (χ1n) is 6.56.